The molecule has 1 heterocycles. The summed E-state index contributed by atoms with van der Waals surface area (Å²) in [6.45, 7) is 4.14. The van der Waals surface area contributed by atoms with Gasteiger partial charge in [0.25, 0.3) is 0 Å². The SMILES string of the molecule is Cc1ccc2sc(NC(=O)Cc3cccc4ccccc34)nc2c1C. The Morgan fingerprint density at radius 3 is 2.72 bits per heavy atom. The lowest BCUT2D eigenvalue weighted by Crippen LogP contribution is -2.14. The molecule has 1 amide bonds. The average Bonchev–Trinajstić information content (AvgIpc) is 3.02. The van der Waals surface area contributed by atoms with Gasteiger partial charge >= 0.3 is 0 Å². The monoisotopic (exact) mass is 346 g/mol. The van der Waals surface area contributed by atoms with Crippen molar-refractivity contribution in [3.05, 3.63) is 71.3 Å². The minimum absolute atomic E-state index is 0.0372. The van der Waals surface area contributed by atoms with Crippen molar-refractivity contribution in [3.63, 3.8) is 0 Å². The van der Waals surface area contributed by atoms with E-state index in [0.29, 0.717) is 11.6 Å². The minimum atomic E-state index is -0.0372. The van der Waals surface area contributed by atoms with Gasteiger partial charge in [-0.1, -0.05) is 59.9 Å². The third kappa shape index (κ3) is 3.01. The third-order valence-corrected chi connectivity index (χ3v) is 5.50. The molecule has 0 saturated heterocycles. The molecular weight excluding hydrogens is 328 g/mol. The number of aromatic nitrogens is 1. The maximum Gasteiger partial charge on any atom is 0.230 e. The number of anilines is 1. The van der Waals surface area contributed by atoms with Crippen LogP contribution in [0.1, 0.15) is 16.7 Å². The maximum absolute atomic E-state index is 12.5. The van der Waals surface area contributed by atoms with Crippen LogP contribution in [-0.4, -0.2) is 10.9 Å². The number of aryl methyl sites for hydroxylation is 2. The van der Waals surface area contributed by atoms with Gasteiger partial charge in [0, 0.05) is 0 Å². The first-order valence-corrected chi connectivity index (χ1v) is 9.07. The number of nitrogens with zero attached hydrogens (tertiary/aromatic N) is 1. The van der Waals surface area contributed by atoms with Crippen molar-refractivity contribution in [2.24, 2.45) is 0 Å². The zero-order valence-corrected chi connectivity index (χ0v) is 15.0. The van der Waals surface area contributed by atoms with Crippen LogP contribution in [0.5, 0.6) is 0 Å². The first kappa shape index (κ1) is 15.8. The van der Waals surface area contributed by atoms with Crippen molar-refractivity contribution in [1.82, 2.24) is 4.98 Å². The standard InChI is InChI=1S/C21H18N2OS/c1-13-10-11-18-20(14(13)2)23-21(25-18)22-19(24)12-16-8-5-7-15-6-3-4-9-17(15)16/h3-11H,12H2,1-2H3,(H,22,23,24). The highest BCUT2D eigenvalue weighted by atomic mass is 32.1. The number of carbonyl (C=O) groups is 1. The number of thiazole rings is 1. The topological polar surface area (TPSA) is 42.0 Å². The van der Waals surface area contributed by atoms with Crippen LogP contribution in [-0.2, 0) is 11.2 Å². The summed E-state index contributed by atoms with van der Waals surface area (Å²) in [7, 11) is 0. The Hall–Kier alpha value is -2.72. The fraction of sp³-hybridized carbons (Fsp3) is 0.143. The molecule has 4 aromatic rings. The number of rotatable bonds is 3. The van der Waals surface area contributed by atoms with Gasteiger partial charge in [-0.2, -0.15) is 0 Å². The van der Waals surface area contributed by atoms with Crippen LogP contribution in [0.4, 0.5) is 5.13 Å². The molecule has 0 aliphatic heterocycles. The van der Waals surface area contributed by atoms with Gasteiger partial charge < -0.3 is 5.32 Å². The van der Waals surface area contributed by atoms with E-state index < -0.39 is 0 Å². The fourth-order valence-corrected chi connectivity index (χ4v) is 4.00. The second-order valence-corrected chi connectivity index (χ2v) is 7.27. The lowest BCUT2D eigenvalue weighted by atomic mass is 10.0. The van der Waals surface area contributed by atoms with E-state index in [-0.39, 0.29) is 5.91 Å². The van der Waals surface area contributed by atoms with Gasteiger partial charge in [-0.25, -0.2) is 4.98 Å². The molecule has 4 rings (SSSR count). The van der Waals surface area contributed by atoms with E-state index in [4.69, 9.17) is 0 Å². The summed E-state index contributed by atoms with van der Waals surface area (Å²) in [5, 5.41) is 5.89. The van der Waals surface area contributed by atoms with Gasteiger partial charge in [0.1, 0.15) is 0 Å². The van der Waals surface area contributed by atoms with Crippen molar-refractivity contribution in [1.29, 1.82) is 0 Å². The van der Waals surface area contributed by atoms with E-state index in [0.717, 1.165) is 26.6 Å². The molecule has 0 saturated carbocycles. The zero-order chi connectivity index (χ0) is 17.4. The van der Waals surface area contributed by atoms with E-state index in [1.807, 2.05) is 24.3 Å². The molecule has 0 aliphatic rings. The van der Waals surface area contributed by atoms with Crippen LogP contribution in [0.25, 0.3) is 21.0 Å². The van der Waals surface area contributed by atoms with Crippen LogP contribution >= 0.6 is 11.3 Å². The van der Waals surface area contributed by atoms with Gasteiger partial charge in [0.2, 0.25) is 5.91 Å². The summed E-state index contributed by atoms with van der Waals surface area (Å²) in [4.78, 5) is 17.1. The lowest BCUT2D eigenvalue weighted by molar-refractivity contribution is -0.115. The first-order chi connectivity index (χ1) is 12.1. The highest BCUT2D eigenvalue weighted by Crippen LogP contribution is 2.29. The molecule has 0 radical (unpaired) electrons. The Labute approximate surface area is 150 Å². The van der Waals surface area contributed by atoms with Crippen molar-refractivity contribution in [2.45, 2.75) is 20.3 Å². The molecule has 0 fully saturated rings. The summed E-state index contributed by atoms with van der Waals surface area (Å²) < 4.78 is 1.10. The summed E-state index contributed by atoms with van der Waals surface area (Å²) >= 11 is 1.52. The molecule has 0 atom stereocenters. The van der Waals surface area contributed by atoms with Crippen LogP contribution in [0.2, 0.25) is 0 Å². The molecule has 3 aromatic carbocycles. The normalized spacial score (nSPS) is 11.1. The molecule has 0 bridgehead atoms. The van der Waals surface area contributed by atoms with Crippen LogP contribution in [0.15, 0.2) is 54.6 Å². The van der Waals surface area contributed by atoms with Gasteiger partial charge in [0.05, 0.1) is 16.6 Å². The number of fused-ring (bicyclic) bond motifs is 2. The second-order valence-electron chi connectivity index (χ2n) is 6.24. The molecule has 4 heteroatoms. The highest BCUT2D eigenvalue weighted by Gasteiger charge is 2.12. The fourth-order valence-electron chi connectivity index (χ4n) is 3.06. The van der Waals surface area contributed by atoms with Gasteiger partial charge in [-0.3, -0.25) is 4.79 Å². The Bertz CT molecular complexity index is 1090. The molecular formula is C21H18N2OS. The Morgan fingerprint density at radius 1 is 1.04 bits per heavy atom. The number of carbonyl (C=O) groups excluding carboxylic acids is 1. The van der Waals surface area contributed by atoms with Crippen molar-refractivity contribution in [3.8, 4) is 0 Å². The summed E-state index contributed by atoms with van der Waals surface area (Å²) in [5.74, 6) is -0.0372. The van der Waals surface area contributed by atoms with Gasteiger partial charge in [-0.05, 0) is 47.4 Å². The largest absolute Gasteiger partial charge is 0.302 e. The van der Waals surface area contributed by atoms with Gasteiger partial charge in [0.15, 0.2) is 5.13 Å². The Kier molecular flexibility index (Phi) is 3.98. The molecule has 124 valence electrons. The molecule has 3 nitrogen and oxygen atoms in total. The zero-order valence-electron chi connectivity index (χ0n) is 14.2. The minimum Gasteiger partial charge on any atom is -0.302 e. The van der Waals surface area contributed by atoms with Crippen LogP contribution < -0.4 is 5.32 Å². The number of benzene rings is 3. The molecule has 0 unspecified atom stereocenters. The third-order valence-electron chi connectivity index (χ3n) is 4.56. The Morgan fingerprint density at radius 2 is 1.84 bits per heavy atom. The van der Waals surface area contributed by atoms with Crippen molar-refractivity contribution in [2.75, 3.05) is 5.32 Å². The molecule has 0 aliphatic carbocycles. The summed E-state index contributed by atoms with van der Waals surface area (Å²) in [5.41, 5.74) is 4.39. The number of nitrogens with one attached hydrogen (secondary N) is 1. The lowest BCUT2D eigenvalue weighted by Gasteiger charge is -2.06. The van der Waals surface area contributed by atoms with E-state index in [2.05, 4.69) is 54.5 Å². The molecule has 25 heavy (non-hydrogen) atoms. The average molecular weight is 346 g/mol. The first-order valence-electron chi connectivity index (χ1n) is 8.25. The number of hydrogen-bond donors (Lipinski definition) is 1. The quantitative estimate of drug-likeness (QED) is 0.551. The van der Waals surface area contributed by atoms with E-state index in [1.165, 1.54) is 22.5 Å². The Balaban J connectivity index is 1.59. The molecule has 1 aromatic heterocycles. The second kappa shape index (κ2) is 6.30. The smallest absolute Gasteiger partial charge is 0.230 e. The number of amides is 1. The number of hydrogen-bond acceptors (Lipinski definition) is 3. The summed E-state index contributed by atoms with van der Waals surface area (Å²) in [6.07, 6.45) is 0.343. The predicted molar refractivity (Wildman–Crippen MR) is 105 cm³/mol. The maximum atomic E-state index is 12.5. The van der Waals surface area contributed by atoms with E-state index in [9.17, 15) is 4.79 Å². The van der Waals surface area contributed by atoms with Crippen LogP contribution in [0.3, 0.4) is 0 Å². The van der Waals surface area contributed by atoms with Crippen molar-refractivity contribution >= 4 is 43.4 Å². The molecule has 0 spiro atoms. The van der Waals surface area contributed by atoms with Crippen LogP contribution in [0, 0.1) is 13.8 Å². The summed E-state index contributed by atoms with van der Waals surface area (Å²) in [6, 6.07) is 18.4. The van der Waals surface area contributed by atoms with Crippen molar-refractivity contribution < 1.29 is 4.79 Å². The van der Waals surface area contributed by atoms with Gasteiger partial charge in [-0.15, -0.1) is 0 Å². The van der Waals surface area contributed by atoms with E-state index in [1.54, 1.807) is 0 Å². The molecule has 1 N–H and O–H groups in total. The highest BCUT2D eigenvalue weighted by molar-refractivity contribution is 7.22. The predicted octanol–water partition coefficient (Wildman–Crippen LogP) is 5.25. The van der Waals surface area contributed by atoms with E-state index >= 15 is 0 Å².